The predicted molar refractivity (Wildman–Crippen MR) is 54.1 cm³/mol. The van der Waals surface area contributed by atoms with Gasteiger partial charge in [-0.05, 0) is 0 Å². The van der Waals surface area contributed by atoms with E-state index in [1.165, 1.54) is 12.4 Å². The van der Waals surface area contributed by atoms with Crippen LogP contribution in [0.3, 0.4) is 0 Å². The van der Waals surface area contributed by atoms with E-state index in [2.05, 4.69) is 5.32 Å². The molecule has 0 aromatic carbocycles. The van der Waals surface area contributed by atoms with Crippen LogP contribution in [0.5, 0.6) is 0 Å². The molecule has 1 aromatic heterocycles. The first kappa shape index (κ1) is 11.3. The fraction of sp³-hybridized carbons (Fsp3) is 0.500. The predicted octanol–water partition coefficient (Wildman–Crippen LogP) is -1.34. The summed E-state index contributed by atoms with van der Waals surface area (Å²) in [6.07, 6.45) is 2.34. The molecule has 0 saturated carbocycles. The maximum absolute atomic E-state index is 10.9. The fourth-order valence-corrected chi connectivity index (χ4v) is 1.62. The highest BCUT2D eigenvalue weighted by atomic mass is 16.5. The Morgan fingerprint density at radius 3 is 2.56 bits per heavy atom. The van der Waals surface area contributed by atoms with Crippen molar-refractivity contribution in [1.29, 1.82) is 0 Å². The van der Waals surface area contributed by atoms with E-state index in [0.717, 1.165) is 5.56 Å². The van der Waals surface area contributed by atoms with Crippen LogP contribution < -0.4 is 10.0 Å². The average molecular weight is 226 g/mol. The van der Waals surface area contributed by atoms with Gasteiger partial charge in [-0.2, -0.15) is 4.73 Å². The van der Waals surface area contributed by atoms with Crippen molar-refractivity contribution >= 4 is 0 Å². The molecule has 3 N–H and O–H groups in total. The van der Waals surface area contributed by atoms with Crippen LogP contribution >= 0.6 is 0 Å². The molecule has 0 radical (unpaired) electrons. The maximum Gasteiger partial charge on any atom is 0.180 e. The third-order valence-corrected chi connectivity index (χ3v) is 2.70. The Bertz CT molecular complexity index is 350. The zero-order valence-electron chi connectivity index (χ0n) is 8.67. The lowest BCUT2D eigenvalue weighted by Crippen LogP contribution is -2.49. The molecule has 1 aromatic rings. The van der Waals surface area contributed by atoms with E-state index < -0.39 is 11.8 Å². The number of ether oxygens (including phenoxy) is 1. The third-order valence-electron chi connectivity index (χ3n) is 2.70. The number of aliphatic hydroxyl groups is 2. The third kappa shape index (κ3) is 2.00. The summed E-state index contributed by atoms with van der Waals surface area (Å²) in [6.45, 7) is -0.167. The van der Waals surface area contributed by atoms with Crippen LogP contribution in [0.15, 0.2) is 24.5 Å². The summed E-state index contributed by atoms with van der Waals surface area (Å²) in [6, 6.07) is 3.27. The van der Waals surface area contributed by atoms with Crippen molar-refractivity contribution in [2.45, 2.75) is 11.8 Å². The van der Waals surface area contributed by atoms with Crippen molar-refractivity contribution in [3.05, 3.63) is 35.3 Å². The number of rotatable bonds is 3. The first-order valence-electron chi connectivity index (χ1n) is 4.99. The summed E-state index contributed by atoms with van der Waals surface area (Å²) in [7, 11) is 0. The van der Waals surface area contributed by atoms with Gasteiger partial charge in [0, 0.05) is 17.7 Å². The highest BCUT2D eigenvalue weighted by Crippen LogP contribution is 2.25. The fourth-order valence-electron chi connectivity index (χ4n) is 1.62. The molecule has 6 nitrogen and oxygen atoms in total. The van der Waals surface area contributed by atoms with Gasteiger partial charge in [0.05, 0.1) is 25.4 Å². The van der Waals surface area contributed by atoms with Gasteiger partial charge in [0.1, 0.15) is 6.23 Å². The molecule has 1 saturated heterocycles. The van der Waals surface area contributed by atoms with E-state index >= 15 is 0 Å². The number of aromatic nitrogens is 1. The molecule has 2 heterocycles. The minimum absolute atomic E-state index is 0.200. The van der Waals surface area contributed by atoms with Crippen LogP contribution in [0.2, 0.25) is 0 Å². The molecular formula is C10H14N2O4. The quantitative estimate of drug-likeness (QED) is 0.438. The monoisotopic (exact) mass is 226 g/mol. The topological polar surface area (TPSA) is 88.7 Å². The van der Waals surface area contributed by atoms with Crippen LogP contribution in [0.1, 0.15) is 11.8 Å². The summed E-state index contributed by atoms with van der Waals surface area (Å²) in [5.74, 6) is 0. The van der Waals surface area contributed by atoms with E-state index in [1.54, 1.807) is 12.1 Å². The smallest absolute Gasteiger partial charge is 0.180 e. The summed E-state index contributed by atoms with van der Waals surface area (Å²) < 4.78 is 6.12. The Morgan fingerprint density at radius 2 is 2.06 bits per heavy atom. The zero-order valence-corrected chi connectivity index (χ0v) is 8.67. The molecule has 16 heavy (non-hydrogen) atoms. The minimum Gasteiger partial charge on any atom is -0.619 e. The molecule has 6 heteroatoms. The number of pyridine rings is 1. The normalized spacial score (nSPS) is 23.5. The molecule has 1 unspecified atom stereocenters. The number of hydrogen-bond acceptors (Lipinski definition) is 5. The molecule has 0 bridgehead atoms. The van der Waals surface area contributed by atoms with E-state index in [1.807, 2.05) is 0 Å². The van der Waals surface area contributed by atoms with Gasteiger partial charge in [-0.25, -0.2) is 0 Å². The minimum atomic E-state index is -0.798. The lowest BCUT2D eigenvalue weighted by atomic mass is 10.0. The van der Waals surface area contributed by atoms with Crippen LogP contribution in [0, 0.1) is 5.21 Å². The van der Waals surface area contributed by atoms with Crippen LogP contribution in [0.4, 0.5) is 0 Å². The molecule has 88 valence electrons. The van der Waals surface area contributed by atoms with Crippen molar-refractivity contribution in [1.82, 2.24) is 5.32 Å². The highest BCUT2D eigenvalue weighted by Gasteiger charge is 2.39. The Balaban J connectivity index is 2.11. The first-order chi connectivity index (χ1) is 7.69. The molecule has 0 amide bonds. The van der Waals surface area contributed by atoms with Crippen molar-refractivity contribution in [3.63, 3.8) is 0 Å². The van der Waals surface area contributed by atoms with E-state index in [4.69, 9.17) is 14.9 Å². The first-order valence-corrected chi connectivity index (χ1v) is 4.99. The van der Waals surface area contributed by atoms with E-state index in [-0.39, 0.29) is 19.8 Å². The number of aliphatic hydroxyl groups excluding tert-OH is 2. The second-order valence-electron chi connectivity index (χ2n) is 3.92. The van der Waals surface area contributed by atoms with Gasteiger partial charge < -0.3 is 20.2 Å². The van der Waals surface area contributed by atoms with Gasteiger partial charge >= 0.3 is 0 Å². The molecule has 0 spiro atoms. The molecular weight excluding hydrogens is 212 g/mol. The van der Waals surface area contributed by atoms with Gasteiger partial charge in [0.15, 0.2) is 12.4 Å². The highest BCUT2D eigenvalue weighted by molar-refractivity contribution is 5.14. The van der Waals surface area contributed by atoms with Crippen LogP contribution in [-0.2, 0) is 4.74 Å². The molecule has 1 aliphatic rings. The largest absolute Gasteiger partial charge is 0.619 e. The van der Waals surface area contributed by atoms with Crippen molar-refractivity contribution in [2.24, 2.45) is 0 Å². The van der Waals surface area contributed by atoms with E-state index in [0.29, 0.717) is 4.73 Å². The lowest BCUT2D eigenvalue weighted by Gasteiger charge is -2.22. The van der Waals surface area contributed by atoms with Crippen LogP contribution in [-0.4, -0.2) is 35.6 Å². The van der Waals surface area contributed by atoms with Crippen LogP contribution in [0.25, 0.3) is 0 Å². The zero-order chi connectivity index (χ0) is 11.6. The number of hydrogen-bond donors (Lipinski definition) is 3. The van der Waals surface area contributed by atoms with Crippen molar-refractivity contribution in [3.8, 4) is 0 Å². The number of nitrogens with one attached hydrogen (secondary N) is 1. The summed E-state index contributed by atoms with van der Waals surface area (Å²) in [4.78, 5) is 0. The standard InChI is InChI=1S/C10H14N2O4/c13-5-10(6-14)7-16-9(11-10)8-1-3-12(15)4-2-8/h1-4,9,11,13-14H,5-7H2. The second-order valence-corrected chi connectivity index (χ2v) is 3.92. The molecule has 1 aliphatic heterocycles. The summed E-state index contributed by atoms with van der Waals surface area (Å²) in [5, 5.41) is 32.2. The second kappa shape index (κ2) is 4.34. The van der Waals surface area contributed by atoms with Gasteiger partial charge in [0.2, 0.25) is 0 Å². The van der Waals surface area contributed by atoms with Gasteiger partial charge in [0.25, 0.3) is 0 Å². The summed E-state index contributed by atoms with van der Waals surface area (Å²) >= 11 is 0. The average Bonchev–Trinajstić information content (AvgIpc) is 2.75. The lowest BCUT2D eigenvalue weighted by molar-refractivity contribution is -0.605. The maximum atomic E-state index is 10.9. The Morgan fingerprint density at radius 1 is 1.44 bits per heavy atom. The Kier molecular flexibility index (Phi) is 3.06. The SMILES string of the molecule is [O-][n+]1ccc(C2NC(CO)(CO)CO2)cc1. The summed E-state index contributed by atoms with van der Waals surface area (Å²) in [5.41, 5.74) is -0.00983. The Hall–Kier alpha value is -1.21. The van der Waals surface area contributed by atoms with Crippen molar-refractivity contribution < 1.29 is 19.7 Å². The molecule has 1 atom stereocenters. The number of nitrogens with zero attached hydrogens (tertiary/aromatic N) is 1. The molecule has 2 rings (SSSR count). The molecule has 1 fully saturated rings. The van der Waals surface area contributed by atoms with Gasteiger partial charge in [-0.1, -0.05) is 0 Å². The Labute approximate surface area is 92.7 Å². The van der Waals surface area contributed by atoms with Gasteiger partial charge in [-0.3, -0.25) is 5.32 Å². The van der Waals surface area contributed by atoms with Gasteiger partial charge in [-0.15, -0.1) is 0 Å². The molecule has 0 aliphatic carbocycles. The van der Waals surface area contributed by atoms with E-state index in [9.17, 15) is 5.21 Å². The van der Waals surface area contributed by atoms with Crippen molar-refractivity contribution in [2.75, 3.05) is 19.8 Å².